The smallest absolute Gasteiger partial charge is 0.234 e. The highest BCUT2D eigenvalue weighted by molar-refractivity contribution is 5.78. The predicted molar refractivity (Wildman–Crippen MR) is 87.2 cm³/mol. The van der Waals surface area contributed by atoms with Crippen molar-refractivity contribution in [1.82, 2.24) is 10.2 Å². The first-order chi connectivity index (χ1) is 10.0. The van der Waals surface area contributed by atoms with Crippen molar-refractivity contribution < 1.29 is 9.90 Å². The Morgan fingerprint density at radius 2 is 2.10 bits per heavy atom. The van der Waals surface area contributed by atoms with Gasteiger partial charge in [0, 0.05) is 19.2 Å². The zero-order valence-electron chi connectivity index (χ0n) is 14.1. The molecule has 1 amide bonds. The second-order valence-corrected chi connectivity index (χ2v) is 7.05. The van der Waals surface area contributed by atoms with Crippen molar-refractivity contribution in [3.8, 4) is 0 Å². The molecule has 2 N–H and O–H groups in total. The van der Waals surface area contributed by atoms with Crippen LogP contribution in [-0.2, 0) is 4.79 Å². The third-order valence-electron chi connectivity index (χ3n) is 4.33. The molecule has 0 radical (unpaired) electrons. The third-order valence-corrected chi connectivity index (χ3v) is 4.33. The standard InChI is InChI=1S/C17H34N2O2/c1-14(2)6-4-7-15(3)18-17(21)13-19-10-5-8-16(12-19)9-11-20/h14-16,20H,4-13H2,1-3H3,(H,18,21). The second-order valence-electron chi connectivity index (χ2n) is 7.05. The number of nitrogens with one attached hydrogen (secondary N) is 1. The molecule has 0 aromatic heterocycles. The molecule has 4 heteroatoms. The first-order valence-electron chi connectivity index (χ1n) is 8.63. The number of likely N-dealkylation sites (tertiary alicyclic amines) is 1. The summed E-state index contributed by atoms with van der Waals surface area (Å²) in [5, 5.41) is 12.1. The van der Waals surface area contributed by atoms with E-state index in [2.05, 4.69) is 31.0 Å². The fourth-order valence-electron chi connectivity index (χ4n) is 3.14. The number of rotatable bonds is 9. The monoisotopic (exact) mass is 298 g/mol. The minimum atomic E-state index is 0.150. The fraction of sp³-hybridized carbons (Fsp3) is 0.941. The Labute approximate surface area is 130 Å². The van der Waals surface area contributed by atoms with Gasteiger partial charge in [-0.25, -0.2) is 0 Å². The molecule has 0 spiro atoms. The number of hydrogen-bond donors (Lipinski definition) is 2. The van der Waals surface area contributed by atoms with Crippen LogP contribution < -0.4 is 5.32 Å². The van der Waals surface area contributed by atoms with E-state index in [9.17, 15) is 4.79 Å². The number of carbonyl (C=O) groups excluding carboxylic acids is 1. The molecule has 1 aliphatic heterocycles. The number of piperidine rings is 1. The van der Waals surface area contributed by atoms with Crippen LogP contribution in [0.25, 0.3) is 0 Å². The van der Waals surface area contributed by atoms with Crippen LogP contribution in [0.1, 0.15) is 59.3 Å². The van der Waals surface area contributed by atoms with Crippen LogP contribution >= 0.6 is 0 Å². The molecule has 1 aliphatic rings. The largest absolute Gasteiger partial charge is 0.396 e. The van der Waals surface area contributed by atoms with Crippen molar-refractivity contribution >= 4 is 5.91 Å². The summed E-state index contributed by atoms with van der Waals surface area (Å²) in [6, 6.07) is 0.272. The Kier molecular flexibility index (Phi) is 8.93. The molecule has 0 aromatic carbocycles. The molecule has 21 heavy (non-hydrogen) atoms. The van der Waals surface area contributed by atoms with Gasteiger partial charge in [0.2, 0.25) is 5.91 Å². The second kappa shape index (κ2) is 10.2. The van der Waals surface area contributed by atoms with Crippen LogP contribution in [0.15, 0.2) is 0 Å². The van der Waals surface area contributed by atoms with Crippen LogP contribution in [0.4, 0.5) is 0 Å². The summed E-state index contributed by atoms with van der Waals surface area (Å²) in [4.78, 5) is 14.3. The fourth-order valence-corrected chi connectivity index (χ4v) is 3.14. The number of aliphatic hydroxyl groups is 1. The number of amides is 1. The first kappa shape index (κ1) is 18.4. The van der Waals surface area contributed by atoms with Gasteiger partial charge in [0.1, 0.15) is 0 Å². The molecule has 0 aliphatic carbocycles. The van der Waals surface area contributed by atoms with Crippen molar-refractivity contribution in [2.45, 2.75) is 65.3 Å². The highest BCUT2D eigenvalue weighted by Crippen LogP contribution is 2.18. The van der Waals surface area contributed by atoms with Crippen LogP contribution in [0.3, 0.4) is 0 Å². The minimum Gasteiger partial charge on any atom is -0.396 e. The molecule has 2 atom stereocenters. The highest BCUT2D eigenvalue weighted by Gasteiger charge is 2.21. The van der Waals surface area contributed by atoms with Gasteiger partial charge >= 0.3 is 0 Å². The van der Waals surface area contributed by atoms with Gasteiger partial charge in [-0.1, -0.05) is 26.7 Å². The maximum atomic E-state index is 12.1. The summed E-state index contributed by atoms with van der Waals surface area (Å²) >= 11 is 0. The van der Waals surface area contributed by atoms with E-state index in [1.165, 1.54) is 19.3 Å². The predicted octanol–water partition coefficient (Wildman–Crippen LogP) is 2.41. The zero-order chi connectivity index (χ0) is 15.7. The average Bonchev–Trinajstić information content (AvgIpc) is 2.38. The molecule has 1 fully saturated rings. The van der Waals surface area contributed by atoms with Gasteiger partial charge in [0.25, 0.3) is 0 Å². The van der Waals surface area contributed by atoms with Gasteiger partial charge < -0.3 is 10.4 Å². The lowest BCUT2D eigenvalue weighted by atomic mass is 9.95. The van der Waals surface area contributed by atoms with Crippen molar-refractivity contribution in [3.63, 3.8) is 0 Å². The van der Waals surface area contributed by atoms with Crippen LogP contribution in [0.2, 0.25) is 0 Å². The molecule has 2 unspecified atom stereocenters. The number of nitrogens with zero attached hydrogens (tertiary/aromatic N) is 1. The molecule has 4 nitrogen and oxygen atoms in total. The van der Waals surface area contributed by atoms with E-state index in [-0.39, 0.29) is 18.6 Å². The number of hydrogen-bond acceptors (Lipinski definition) is 3. The topological polar surface area (TPSA) is 52.6 Å². The van der Waals surface area contributed by atoms with Gasteiger partial charge in [0.15, 0.2) is 0 Å². The lowest BCUT2D eigenvalue weighted by Gasteiger charge is -2.32. The molecular formula is C17H34N2O2. The molecule has 0 saturated carbocycles. The van der Waals surface area contributed by atoms with Crippen LogP contribution in [0.5, 0.6) is 0 Å². The van der Waals surface area contributed by atoms with Crippen molar-refractivity contribution in [2.24, 2.45) is 11.8 Å². The average molecular weight is 298 g/mol. The molecular weight excluding hydrogens is 264 g/mol. The number of carbonyl (C=O) groups is 1. The lowest BCUT2D eigenvalue weighted by molar-refractivity contribution is -0.123. The van der Waals surface area contributed by atoms with Gasteiger partial charge in [-0.3, -0.25) is 9.69 Å². The Morgan fingerprint density at radius 1 is 1.33 bits per heavy atom. The Balaban J connectivity index is 2.20. The normalized spacial score (nSPS) is 21.5. The first-order valence-corrected chi connectivity index (χ1v) is 8.63. The molecule has 124 valence electrons. The van der Waals surface area contributed by atoms with Gasteiger partial charge in [-0.15, -0.1) is 0 Å². The number of aliphatic hydroxyl groups excluding tert-OH is 1. The summed E-state index contributed by atoms with van der Waals surface area (Å²) in [6.45, 7) is 9.31. The van der Waals surface area contributed by atoms with E-state index in [4.69, 9.17) is 5.11 Å². The van der Waals surface area contributed by atoms with Gasteiger partial charge in [-0.05, 0) is 51.0 Å². The molecule has 1 heterocycles. The minimum absolute atomic E-state index is 0.150. The Morgan fingerprint density at radius 3 is 2.76 bits per heavy atom. The van der Waals surface area contributed by atoms with E-state index in [1.807, 2.05) is 0 Å². The van der Waals surface area contributed by atoms with Crippen molar-refractivity contribution in [1.29, 1.82) is 0 Å². The summed E-state index contributed by atoms with van der Waals surface area (Å²) in [5.74, 6) is 1.45. The van der Waals surface area contributed by atoms with E-state index in [1.54, 1.807) is 0 Å². The summed E-state index contributed by atoms with van der Waals surface area (Å²) in [6.07, 6.45) is 6.67. The highest BCUT2D eigenvalue weighted by atomic mass is 16.3. The van der Waals surface area contributed by atoms with E-state index in [0.717, 1.165) is 38.3 Å². The van der Waals surface area contributed by atoms with Crippen LogP contribution in [0, 0.1) is 11.8 Å². The Hall–Kier alpha value is -0.610. The van der Waals surface area contributed by atoms with E-state index in [0.29, 0.717) is 12.5 Å². The maximum Gasteiger partial charge on any atom is 0.234 e. The SMILES string of the molecule is CC(C)CCCC(C)NC(=O)CN1CCCC(CCO)C1. The zero-order valence-corrected chi connectivity index (χ0v) is 14.1. The van der Waals surface area contributed by atoms with E-state index >= 15 is 0 Å². The summed E-state index contributed by atoms with van der Waals surface area (Å²) in [5.41, 5.74) is 0. The summed E-state index contributed by atoms with van der Waals surface area (Å²) in [7, 11) is 0. The summed E-state index contributed by atoms with van der Waals surface area (Å²) < 4.78 is 0. The van der Waals surface area contributed by atoms with Crippen molar-refractivity contribution in [2.75, 3.05) is 26.2 Å². The Bertz CT molecular complexity index is 293. The van der Waals surface area contributed by atoms with Gasteiger partial charge in [-0.2, -0.15) is 0 Å². The lowest BCUT2D eigenvalue weighted by Crippen LogP contribution is -2.44. The molecule has 1 rings (SSSR count). The molecule has 1 saturated heterocycles. The molecule has 0 aromatic rings. The third kappa shape index (κ3) is 8.42. The quantitative estimate of drug-likeness (QED) is 0.687. The van der Waals surface area contributed by atoms with E-state index < -0.39 is 0 Å². The maximum absolute atomic E-state index is 12.1. The van der Waals surface area contributed by atoms with Gasteiger partial charge in [0.05, 0.1) is 6.54 Å². The molecule has 0 bridgehead atoms. The van der Waals surface area contributed by atoms with Crippen LogP contribution in [-0.4, -0.2) is 48.2 Å². The van der Waals surface area contributed by atoms with Crippen molar-refractivity contribution in [3.05, 3.63) is 0 Å².